The second kappa shape index (κ2) is 8.34. The number of halogens is 3. The van der Waals surface area contributed by atoms with Gasteiger partial charge in [0.2, 0.25) is 0 Å². The highest BCUT2D eigenvalue weighted by atomic mass is 19.4. The monoisotopic (exact) mass is 303 g/mol. The molecule has 0 unspecified atom stereocenters. The highest BCUT2D eigenvalue weighted by Crippen LogP contribution is 2.17. The normalized spacial score (nSPS) is 12.4. The molecule has 3 nitrogen and oxygen atoms in total. The molecule has 1 aromatic rings. The molecular weight excluding hydrogens is 279 g/mol. The van der Waals surface area contributed by atoms with E-state index in [1.54, 1.807) is 19.2 Å². The van der Waals surface area contributed by atoms with Crippen LogP contribution >= 0.6 is 0 Å². The number of pyridine rings is 1. The van der Waals surface area contributed by atoms with Crippen molar-refractivity contribution in [1.29, 1.82) is 0 Å². The molecule has 120 valence electrons. The molecule has 0 bridgehead atoms. The van der Waals surface area contributed by atoms with E-state index in [1.165, 1.54) is 4.90 Å². The Hall–Kier alpha value is -1.14. The summed E-state index contributed by atoms with van der Waals surface area (Å²) in [4.78, 5) is 5.58. The molecule has 0 aromatic carbocycles. The van der Waals surface area contributed by atoms with Crippen LogP contribution in [0.15, 0.2) is 18.3 Å². The van der Waals surface area contributed by atoms with E-state index in [0.717, 1.165) is 18.7 Å². The lowest BCUT2D eigenvalue weighted by atomic mass is 10.2. The molecule has 0 aliphatic heterocycles. The van der Waals surface area contributed by atoms with Gasteiger partial charge in [0.25, 0.3) is 0 Å². The Bertz CT molecular complexity index is 402. The van der Waals surface area contributed by atoms with Crippen molar-refractivity contribution in [3.8, 4) is 0 Å². The van der Waals surface area contributed by atoms with Crippen molar-refractivity contribution >= 4 is 0 Å². The summed E-state index contributed by atoms with van der Waals surface area (Å²) >= 11 is 0. The molecule has 0 saturated carbocycles. The maximum atomic E-state index is 12.4. The van der Waals surface area contributed by atoms with Gasteiger partial charge in [0, 0.05) is 19.3 Å². The van der Waals surface area contributed by atoms with Crippen molar-refractivity contribution in [3.05, 3.63) is 29.6 Å². The van der Waals surface area contributed by atoms with E-state index < -0.39 is 12.7 Å². The molecule has 0 atom stereocenters. The van der Waals surface area contributed by atoms with Crippen LogP contribution in [-0.4, -0.2) is 35.7 Å². The lowest BCUT2D eigenvalue weighted by Gasteiger charge is -2.21. The van der Waals surface area contributed by atoms with Gasteiger partial charge in [0.05, 0.1) is 12.2 Å². The van der Waals surface area contributed by atoms with E-state index in [2.05, 4.69) is 24.1 Å². The Morgan fingerprint density at radius 2 is 2.00 bits per heavy atom. The first-order valence-electron chi connectivity index (χ1n) is 7.23. The van der Waals surface area contributed by atoms with Crippen LogP contribution in [-0.2, 0) is 13.1 Å². The summed E-state index contributed by atoms with van der Waals surface area (Å²) in [5.74, 6) is 0.581. The van der Waals surface area contributed by atoms with Gasteiger partial charge in [0.15, 0.2) is 0 Å². The van der Waals surface area contributed by atoms with Gasteiger partial charge >= 0.3 is 6.18 Å². The number of hydrogen-bond acceptors (Lipinski definition) is 3. The Balaban J connectivity index is 2.49. The third-order valence-corrected chi connectivity index (χ3v) is 3.00. The van der Waals surface area contributed by atoms with Gasteiger partial charge in [0.1, 0.15) is 0 Å². The highest BCUT2D eigenvalue weighted by Gasteiger charge is 2.30. The zero-order valence-electron chi connectivity index (χ0n) is 12.9. The minimum absolute atomic E-state index is 0.218. The van der Waals surface area contributed by atoms with Gasteiger partial charge < -0.3 is 5.32 Å². The summed E-state index contributed by atoms with van der Waals surface area (Å²) in [7, 11) is 0. The second-order valence-corrected chi connectivity index (χ2v) is 5.60. The minimum Gasteiger partial charge on any atom is -0.312 e. The van der Waals surface area contributed by atoms with E-state index in [0.29, 0.717) is 18.2 Å². The first-order valence-corrected chi connectivity index (χ1v) is 7.23. The number of hydrogen-bond donors (Lipinski definition) is 1. The van der Waals surface area contributed by atoms with Crippen molar-refractivity contribution in [1.82, 2.24) is 15.2 Å². The fourth-order valence-corrected chi connectivity index (χ4v) is 1.92. The van der Waals surface area contributed by atoms with E-state index in [-0.39, 0.29) is 6.54 Å². The third kappa shape index (κ3) is 8.02. The van der Waals surface area contributed by atoms with Crippen LogP contribution in [0.2, 0.25) is 0 Å². The number of aromatic nitrogens is 1. The Morgan fingerprint density at radius 1 is 1.29 bits per heavy atom. The average molecular weight is 303 g/mol. The topological polar surface area (TPSA) is 28.2 Å². The third-order valence-electron chi connectivity index (χ3n) is 3.00. The Morgan fingerprint density at radius 3 is 2.48 bits per heavy atom. The molecule has 0 amide bonds. The summed E-state index contributed by atoms with van der Waals surface area (Å²) < 4.78 is 37.2. The number of nitrogens with one attached hydrogen (secondary N) is 1. The van der Waals surface area contributed by atoms with Gasteiger partial charge in [-0.15, -0.1) is 0 Å². The first kappa shape index (κ1) is 17.9. The molecule has 0 fully saturated rings. The van der Waals surface area contributed by atoms with Gasteiger partial charge in [-0.2, -0.15) is 13.2 Å². The maximum absolute atomic E-state index is 12.4. The van der Waals surface area contributed by atoms with Crippen LogP contribution in [0.3, 0.4) is 0 Å². The molecule has 0 aliphatic carbocycles. The fraction of sp³-hybridized carbons (Fsp3) is 0.667. The lowest BCUT2D eigenvalue weighted by molar-refractivity contribution is -0.146. The van der Waals surface area contributed by atoms with E-state index in [4.69, 9.17) is 0 Å². The van der Waals surface area contributed by atoms with Crippen LogP contribution < -0.4 is 5.32 Å². The van der Waals surface area contributed by atoms with Crippen LogP contribution in [0.25, 0.3) is 0 Å². The van der Waals surface area contributed by atoms with E-state index in [1.807, 2.05) is 6.07 Å². The quantitative estimate of drug-likeness (QED) is 0.799. The van der Waals surface area contributed by atoms with Crippen molar-refractivity contribution < 1.29 is 13.2 Å². The number of nitrogens with zero attached hydrogens (tertiary/aromatic N) is 2. The zero-order valence-corrected chi connectivity index (χ0v) is 12.9. The molecule has 6 heteroatoms. The van der Waals surface area contributed by atoms with Crippen molar-refractivity contribution in [2.45, 2.75) is 40.0 Å². The Labute approximate surface area is 124 Å². The minimum atomic E-state index is -4.17. The molecule has 1 heterocycles. The molecule has 0 saturated heterocycles. The molecule has 0 radical (unpaired) electrons. The highest BCUT2D eigenvalue weighted by molar-refractivity contribution is 5.14. The summed E-state index contributed by atoms with van der Waals surface area (Å²) in [6.45, 7) is 7.30. The summed E-state index contributed by atoms with van der Waals surface area (Å²) in [6, 6.07) is 3.71. The van der Waals surface area contributed by atoms with Crippen molar-refractivity contribution in [2.75, 3.05) is 19.6 Å². The van der Waals surface area contributed by atoms with Crippen LogP contribution in [0, 0.1) is 5.92 Å². The van der Waals surface area contributed by atoms with Crippen LogP contribution in [0.4, 0.5) is 13.2 Å². The molecule has 1 aromatic heterocycles. The van der Waals surface area contributed by atoms with Gasteiger partial charge in [-0.25, -0.2) is 0 Å². The number of alkyl halides is 3. The standard InChI is InChI=1S/C15H24F3N3/c1-4-21(11-15(16,17)18)10-14-6-5-13(9-20-14)8-19-7-12(2)3/h5-6,9,12,19H,4,7-8,10-11H2,1-3H3. The largest absolute Gasteiger partial charge is 0.401 e. The van der Waals surface area contributed by atoms with E-state index >= 15 is 0 Å². The predicted octanol–water partition coefficient (Wildman–Crippen LogP) is 3.21. The van der Waals surface area contributed by atoms with E-state index in [9.17, 15) is 13.2 Å². The maximum Gasteiger partial charge on any atom is 0.401 e. The number of rotatable bonds is 8. The smallest absolute Gasteiger partial charge is 0.312 e. The average Bonchev–Trinajstić information content (AvgIpc) is 2.38. The fourth-order valence-electron chi connectivity index (χ4n) is 1.92. The SMILES string of the molecule is CCN(Cc1ccc(CNCC(C)C)cn1)CC(F)(F)F. The molecule has 0 spiro atoms. The summed E-state index contributed by atoms with van der Waals surface area (Å²) in [5.41, 5.74) is 1.70. The van der Waals surface area contributed by atoms with Gasteiger partial charge in [-0.1, -0.05) is 26.8 Å². The van der Waals surface area contributed by atoms with Crippen molar-refractivity contribution in [2.24, 2.45) is 5.92 Å². The van der Waals surface area contributed by atoms with Gasteiger partial charge in [-0.3, -0.25) is 9.88 Å². The molecule has 1 rings (SSSR count). The first-order chi connectivity index (χ1) is 9.80. The van der Waals surface area contributed by atoms with Crippen LogP contribution in [0.5, 0.6) is 0 Å². The van der Waals surface area contributed by atoms with Crippen LogP contribution in [0.1, 0.15) is 32.0 Å². The molecular formula is C15H24F3N3. The Kier molecular flexibility index (Phi) is 7.11. The summed E-state index contributed by atoms with van der Waals surface area (Å²) in [6.07, 6.45) is -2.44. The predicted molar refractivity (Wildman–Crippen MR) is 77.8 cm³/mol. The second-order valence-electron chi connectivity index (χ2n) is 5.60. The summed E-state index contributed by atoms with van der Waals surface area (Å²) in [5, 5.41) is 3.30. The molecule has 0 aliphatic rings. The lowest BCUT2D eigenvalue weighted by Crippen LogP contribution is -2.33. The molecule has 1 N–H and O–H groups in total. The van der Waals surface area contributed by atoms with Crippen molar-refractivity contribution in [3.63, 3.8) is 0 Å². The zero-order chi connectivity index (χ0) is 15.9. The van der Waals surface area contributed by atoms with Gasteiger partial charge in [-0.05, 0) is 30.6 Å². The molecule has 21 heavy (non-hydrogen) atoms.